The molecule has 0 bridgehead atoms. The average Bonchev–Trinajstić information content (AvgIpc) is 2.99. The van der Waals surface area contributed by atoms with E-state index in [0.717, 1.165) is 46.3 Å². The van der Waals surface area contributed by atoms with Crippen molar-refractivity contribution in [1.29, 1.82) is 0 Å². The second-order valence-corrected chi connectivity index (χ2v) is 9.04. The number of aryl methyl sites for hydroxylation is 1. The van der Waals surface area contributed by atoms with E-state index < -0.39 is 9.70 Å². The first-order chi connectivity index (χ1) is 11.9. The summed E-state index contributed by atoms with van der Waals surface area (Å²) in [4.78, 5) is 21.2. The lowest BCUT2D eigenvalue weighted by Gasteiger charge is -2.11. The van der Waals surface area contributed by atoms with Crippen molar-refractivity contribution in [3.8, 4) is 0 Å². The van der Waals surface area contributed by atoms with Gasteiger partial charge in [-0.3, -0.25) is 4.79 Å². The maximum absolute atomic E-state index is 12.1. The number of para-hydroxylation sites is 1. The molecule has 1 N–H and O–H groups in total. The molecule has 1 aromatic carbocycles. The fraction of sp³-hybridized carbons (Fsp3) is 0.353. The Hall–Kier alpha value is -1.14. The molecular formula is C17H16Cl3N3OS. The number of hydrogen-bond acceptors (Lipinski definition) is 4. The van der Waals surface area contributed by atoms with Gasteiger partial charge in [-0.2, -0.15) is 0 Å². The van der Waals surface area contributed by atoms with Crippen LogP contribution in [0.3, 0.4) is 0 Å². The van der Waals surface area contributed by atoms with E-state index in [1.807, 2.05) is 24.3 Å². The van der Waals surface area contributed by atoms with Gasteiger partial charge in [0.25, 0.3) is 9.70 Å². The van der Waals surface area contributed by atoms with Crippen LogP contribution >= 0.6 is 46.1 Å². The van der Waals surface area contributed by atoms with Crippen LogP contribution in [0.1, 0.15) is 31.2 Å². The minimum Gasteiger partial charge on any atom is -0.305 e. The molecule has 0 aliphatic carbocycles. The van der Waals surface area contributed by atoms with Crippen molar-refractivity contribution in [3.63, 3.8) is 0 Å². The highest BCUT2D eigenvalue weighted by Crippen LogP contribution is 2.35. The maximum atomic E-state index is 12.1. The molecule has 4 nitrogen and oxygen atoms in total. The minimum absolute atomic E-state index is 0.322. The van der Waals surface area contributed by atoms with Crippen molar-refractivity contribution in [3.05, 3.63) is 29.3 Å². The number of amides is 1. The number of nitrogens with one attached hydrogen (secondary N) is 1. The molecule has 3 aromatic rings. The molecule has 2 heterocycles. The van der Waals surface area contributed by atoms with Gasteiger partial charge in [0.1, 0.15) is 5.52 Å². The Morgan fingerprint density at radius 1 is 1.20 bits per heavy atom. The van der Waals surface area contributed by atoms with Gasteiger partial charge in [-0.15, -0.1) is 11.3 Å². The molecule has 0 saturated carbocycles. The van der Waals surface area contributed by atoms with Gasteiger partial charge < -0.3 is 5.32 Å². The average molecular weight is 417 g/mol. The SMILES string of the molecule is CCCCCc1nc2c(NC(=O)C(Cl)(Cl)Cl)nc3ccccc3c2s1. The Morgan fingerprint density at radius 2 is 1.96 bits per heavy atom. The van der Waals surface area contributed by atoms with E-state index in [9.17, 15) is 4.79 Å². The van der Waals surface area contributed by atoms with Gasteiger partial charge in [-0.05, 0) is 18.9 Å². The zero-order valence-electron chi connectivity index (χ0n) is 13.5. The molecule has 3 rings (SSSR count). The summed E-state index contributed by atoms with van der Waals surface area (Å²) in [7, 11) is 0. The predicted octanol–water partition coefficient (Wildman–Crippen LogP) is 5.89. The van der Waals surface area contributed by atoms with Gasteiger partial charge in [0.2, 0.25) is 0 Å². The molecular weight excluding hydrogens is 401 g/mol. The highest BCUT2D eigenvalue weighted by atomic mass is 35.6. The topological polar surface area (TPSA) is 54.9 Å². The van der Waals surface area contributed by atoms with Gasteiger partial charge >= 0.3 is 0 Å². The summed E-state index contributed by atoms with van der Waals surface area (Å²) < 4.78 is -1.07. The van der Waals surface area contributed by atoms with E-state index in [4.69, 9.17) is 34.8 Å². The molecule has 0 atom stereocenters. The van der Waals surface area contributed by atoms with Gasteiger partial charge in [0.05, 0.1) is 15.2 Å². The number of aromatic nitrogens is 2. The summed E-state index contributed by atoms with van der Waals surface area (Å²) in [5.74, 6) is -0.426. The smallest absolute Gasteiger partial charge is 0.277 e. The van der Waals surface area contributed by atoms with E-state index in [1.165, 1.54) is 0 Å². The second kappa shape index (κ2) is 7.62. The number of unbranched alkanes of at least 4 members (excludes halogenated alkanes) is 2. The third kappa shape index (κ3) is 4.17. The number of fused-ring (bicyclic) bond motifs is 3. The van der Waals surface area contributed by atoms with Crippen LogP contribution < -0.4 is 5.32 Å². The van der Waals surface area contributed by atoms with Crippen molar-refractivity contribution in [2.75, 3.05) is 5.32 Å². The van der Waals surface area contributed by atoms with E-state index in [1.54, 1.807) is 11.3 Å². The number of pyridine rings is 1. The zero-order valence-corrected chi connectivity index (χ0v) is 16.6. The summed E-state index contributed by atoms with van der Waals surface area (Å²) >= 11 is 18.6. The van der Waals surface area contributed by atoms with Gasteiger partial charge in [0, 0.05) is 5.39 Å². The van der Waals surface area contributed by atoms with Crippen molar-refractivity contribution in [2.45, 2.75) is 36.4 Å². The van der Waals surface area contributed by atoms with Crippen LogP contribution in [0.2, 0.25) is 0 Å². The lowest BCUT2D eigenvalue weighted by Crippen LogP contribution is -2.27. The number of carbonyl (C=O) groups is 1. The fourth-order valence-corrected chi connectivity index (χ4v) is 3.82. The van der Waals surface area contributed by atoms with Gasteiger partial charge in [-0.25, -0.2) is 9.97 Å². The standard InChI is InChI=1S/C17H16Cl3N3OS/c1-2-3-4-9-12-22-13-14(25-12)10-7-5-6-8-11(10)21-15(13)23-16(24)17(18,19)20/h5-8H,2-4,9H2,1H3,(H,21,23,24). The van der Waals surface area contributed by atoms with Crippen molar-refractivity contribution >= 4 is 79.0 Å². The largest absolute Gasteiger partial charge is 0.305 e. The first-order valence-electron chi connectivity index (χ1n) is 7.96. The molecule has 132 valence electrons. The maximum Gasteiger partial charge on any atom is 0.277 e. The molecule has 0 spiro atoms. The predicted molar refractivity (Wildman–Crippen MR) is 107 cm³/mol. The number of hydrogen-bond donors (Lipinski definition) is 1. The van der Waals surface area contributed by atoms with Crippen LogP contribution in [0.5, 0.6) is 0 Å². The molecule has 25 heavy (non-hydrogen) atoms. The number of halogens is 3. The third-order valence-electron chi connectivity index (χ3n) is 3.76. The Bertz CT molecular complexity index is 921. The Labute approximate surface area is 164 Å². The molecule has 0 aliphatic heterocycles. The number of alkyl halides is 3. The molecule has 0 saturated heterocycles. The number of thiazole rings is 1. The summed E-state index contributed by atoms with van der Waals surface area (Å²) in [5, 5.41) is 4.62. The molecule has 0 radical (unpaired) electrons. The van der Waals surface area contributed by atoms with Crippen LogP contribution in [0, 0.1) is 0 Å². The highest BCUT2D eigenvalue weighted by molar-refractivity contribution is 7.19. The Kier molecular flexibility index (Phi) is 5.68. The number of benzene rings is 1. The minimum atomic E-state index is -2.06. The van der Waals surface area contributed by atoms with E-state index in [0.29, 0.717) is 11.3 Å². The molecule has 8 heteroatoms. The summed E-state index contributed by atoms with van der Waals surface area (Å²) in [6.45, 7) is 2.17. The molecule has 0 fully saturated rings. The second-order valence-electron chi connectivity index (χ2n) is 5.67. The van der Waals surface area contributed by atoms with Crippen molar-refractivity contribution < 1.29 is 4.79 Å². The summed E-state index contributed by atoms with van der Waals surface area (Å²) in [6.07, 6.45) is 4.29. The van der Waals surface area contributed by atoms with Crippen LogP contribution in [-0.4, -0.2) is 19.7 Å². The summed E-state index contributed by atoms with van der Waals surface area (Å²) in [5.41, 5.74) is 1.40. The van der Waals surface area contributed by atoms with Crippen LogP contribution in [0.15, 0.2) is 24.3 Å². The van der Waals surface area contributed by atoms with Crippen molar-refractivity contribution in [1.82, 2.24) is 9.97 Å². The summed E-state index contributed by atoms with van der Waals surface area (Å²) in [6, 6.07) is 7.74. The van der Waals surface area contributed by atoms with Crippen LogP contribution in [-0.2, 0) is 11.2 Å². The van der Waals surface area contributed by atoms with Crippen LogP contribution in [0.4, 0.5) is 5.82 Å². The number of carbonyl (C=O) groups excluding carboxylic acids is 1. The monoisotopic (exact) mass is 415 g/mol. The molecule has 0 unspecified atom stereocenters. The molecule has 0 aliphatic rings. The van der Waals surface area contributed by atoms with Gasteiger partial charge in [0.15, 0.2) is 5.82 Å². The highest BCUT2D eigenvalue weighted by Gasteiger charge is 2.31. The molecule has 2 aromatic heterocycles. The lowest BCUT2D eigenvalue weighted by atomic mass is 10.2. The lowest BCUT2D eigenvalue weighted by molar-refractivity contribution is -0.115. The first-order valence-corrected chi connectivity index (χ1v) is 9.91. The quantitative estimate of drug-likeness (QED) is 0.417. The van der Waals surface area contributed by atoms with Crippen LogP contribution in [0.25, 0.3) is 21.1 Å². The van der Waals surface area contributed by atoms with Gasteiger partial charge in [-0.1, -0.05) is 72.8 Å². The fourth-order valence-electron chi connectivity index (χ4n) is 2.54. The molecule has 1 amide bonds. The Morgan fingerprint density at radius 3 is 2.68 bits per heavy atom. The zero-order chi connectivity index (χ0) is 18.0. The van der Waals surface area contributed by atoms with Crippen molar-refractivity contribution in [2.24, 2.45) is 0 Å². The Balaban J connectivity index is 2.08. The number of rotatable bonds is 5. The third-order valence-corrected chi connectivity index (χ3v) is 5.42. The normalized spacial score (nSPS) is 12.0. The number of nitrogens with zero attached hydrogens (tertiary/aromatic N) is 2. The van der Waals surface area contributed by atoms with E-state index in [-0.39, 0.29) is 0 Å². The van der Waals surface area contributed by atoms with E-state index >= 15 is 0 Å². The number of anilines is 1. The first kappa shape index (κ1) is 18.6. The van der Waals surface area contributed by atoms with E-state index in [2.05, 4.69) is 22.2 Å².